The molecule has 2 heterocycles. The molecule has 2 aromatic heterocycles. The van der Waals surface area contributed by atoms with Crippen LogP contribution in [0, 0.1) is 12.7 Å². The lowest BCUT2D eigenvalue weighted by atomic mass is 9.98. The van der Waals surface area contributed by atoms with Gasteiger partial charge in [-0.15, -0.1) is 0 Å². The minimum Gasteiger partial charge on any atom is -0.494 e. The molecule has 0 spiro atoms. The normalized spacial score (nSPS) is 10.9. The fraction of sp³-hybridized carbons (Fsp3) is 0.136. The van der Waals surface area contributed by atoms with Crippen LogP contribution in [-0.2, 0) is 0 Å². The third-order valence-corrected chi connectivity index (χ3v) is 4.72. The van der Waals surface area contributed by atoms with Gasteiger partial charge in [-0.2, -0.15) is 0 Å². The van der Waals surface area contributed by atoms with E-state index in [1.807, 2.05) is 30.3 Å². The van der Waals surface area contributed by atoms with Crippen molar-refractivity contribution in [1.29, 1.82) is 0 Å². The number of anilines is 1. The number of ether oxygens (including phenoxy) is 1. The highest BCUT2D eigenvalue weighted by molar-refractivity contribution is 5.98. The highest BCUT2D eigenvalue weighted by atomic mass is 19.1. The molecular formula is C22H19FN4O. The van der Waals surface area contributed by atoms with E-state index in [9.17, 15) is 4.39 Å². The smallest absolute Gasteiger partial charge is 0.163 e. The number of pyridine rings is 1. The van der Waals surface area contributed by atoms with E-state index in [1.54, 1.807) is 39.5 Å². The Kier molecular flexibility index (Phi) is 4.61. The average Bonchev–Trinajstić information content (AvgIpc) is 2.74. The van der Waals surface area contributed by atoms with Crippen LogP contribution in [0.25, 0.3) is 33.4 Å². The Morgan fingerprint density at radius 1 is 1.04 bits per heavy atom. The number of hydrogen-bond acceptors (Lipinski definition) is 5. The van der Waals surface area contributed by atoms with Crippen molar-refractivity contribution in [2.24, 2.45) is 0 Å². The van der Waals surface area contributed by atoms with E-state index >= 15 is 0 Å². The van der Waals surface area contributed by atoms with Crippen LogP contribution in [0.15, 0.2) is 54.9 Å². The zero-order valence-corrected chi connectivity index (χ0v) is 15.8. The lowest BCUT2D eigenvalue weighted by Crippen LogP contribution is -2.01. The Labute approximate surface area is 162 Å². The van der Waals surface area contributed by atoms with E-state index in [0.717, 1.165) is 22.1 Å². The molecule has 0 unspecified atom stereocenters. The first-order valence-electron chi connectivity index (χ1n) is 8.85. The summed E-state index contributed by atoms with van der Waals surface area (Å²) in [6, 6.07) is 12.6. The summed E-state index contributed by atoms with van der Waals surface area (Å²) in [6.45, 7) is 1.77. The van der Waals surface area contributed by atoms with Crippen molar-refractivity contribution in [3.8, 4) is 28.3 Å². The molecule has 0 radical (unpaired) electrons. The van der Waals surface area contributed by atoms with Gasteiger partial charge in [0.2, 0.25) is 0 Å². The summed E-state index contributed by atoms with van der Waals surface area (Å²) in [6.07, 6.45) is 3.43. The number of aromatic nitrogens is 3. The maximum Gasteiger partial charge on any atom is 0.163 e. The van der Waals surface area contributed by atoms with E-state index < -0.39 is 0 Å². The number of fused-ring (bicyclic) bond motifs is 1. The minimum absolute atomic E-state index is 0.242. The maximum absolute atomic E-state index is 14.1. The van der Waals surface area contributed by atoms with Gasteiger partial charge in [0, 0.05) is 30.4 Å². The van der Waals surface area contributed by atoms with Crippen molar-refractivity contribution < 1.29 is 9.13 Å². The Balaban J connectivity index is 2.00. The molecule has 0 aliphatic carbocycles. The molecule has 0 saturated carbocycles. The van der Waals surface area contributed by atoms with Crippen molar-refractivity contribution in [1.82, 2.24) is 15.0 Å². The van der Waals surface area contributed by atoms with Gasteiger partial charge in [-0.05, 0) is 53.9 Å². The molecule has 0 atom stereocenters. The summed E-state index contributed by atoms with van der Waals surface area (Å²) in [5.41, 5.74) is 3.73. The molecule has 1 N–H and O–H groups in total. The molecule has 140 valence electrons. The van der Waals surface area contributed by atoms with Gasteiger partial charge in [0.1, 0.15) is 22.9 Å². The highest BCUT2D eigenvalue weighted by Gasteiger charge is 2.16. The molecule has 0 amide bonds. The molecule has 0 fully saturated rings. The predicted octanol–water partition coefficient (Wildman–Crippen LogP) is 4.86. The number of hydrogen-bond donors (Lipinski definition) is 1. The molecule has 6 heteroatoms. The maximum atomic E-state index is 14.1. The van der Waals surface area contributed by atoms with Gasteiger partial charge in [-0.3, -0.25) is 4.98 Å². The van der Waals surface area contributed by atoms with Crippen molar-refractivity contribution in [2.75, 3.05) is 19.5 Å². The van der Waals surface area contributed by atoms with E-state index in [2.05, 4.69) is 15.3 Å². The number of methoxy groups -OCH3 is 1. The van der Waals surface area contributed by atoms with E-state index in [0.29, 0.717) is 28.5 Å². The summed E-state index contributed by atoms with van der Waals surface area (Å²) in [5.74, 6) is 1.57. The molecule has 4 aromatic rings. The summed E-state index contributed by atoms with van der Waals surface area (Å²) in [4.78, 5) is 13.5. The van der Waals surface area contributed by atoms with E-state index in [4.69, 9.17) is 9.72 Å². The number of benzene rings is 2. The van der Waals surface area contributed by atoms with Crippen molar-refractivity contribution in [2.45, 2.75) is 6.92 Å². The van der Waals surface area contributed by atoms with Crippen LogP contribution in [0.2, 0.25) is 0 Å². The molecule has 28 heavy (non-hydrogen) atoms. The summed E-state index contributed by atoms with van der Waals surface area (Å²) < 4.78 is 19.7. The SMILES string of the molecule is CNc1nc(-c2cccnc2)nc2c(OC)cc(-c3cccc(F)c3C)cc12. The van der Waals surface area contributed by atoms with Crippen LogP contribution < -0.4 is 10.1 Å². The number of nitrogens with one attached hydrogen (secondary N) is 1. The van der Waals surface area contributed by atoms with Gasteiger partial charge >= 0.3 is 0 Å². The highest BCUT2D eigenvalue weighted by Crippen LogP contribution is 2.36. The number of nitrogens with zero attached hydrogens (tertiary/aromatic N) is 3. The monoisotopic (exact) mass is 374 g/mol. The zero-order chi connectivity index (χ0) is 19.7. The lowest BCUT2D eigenvalue weighted by Gasteiger charge is -2.14. The second-order valence-electron chi connectivity index (χ2n) is 6.37. The third kappa shape index (κ3) is 3.03. The van der Waals surface area contributed by atoms with Crippen LogP contribution in [0.1, 0.15) is 5.56 Å². The van der Waals surface area contributed by atoms with Crippen LogP contribution in [-0.4, -0.2) is 29.1 Å². The van der Waals surface area contributed by atoms with Crippen molar-refractivity contribution in [3.05, 3.63) is 66.2 Å². The molecular weight excluding hydrogens is 355 g/mol. The molecule has 4 rings (SSSR count). The minimum atomic E-state index is -0.242. The summed E-state index contributed by atoms with van der Waals surface area (Å²) in [7, 11) is 3.41. The van der Waals surface area contributed by atoms with Gasteiger partial charge < -0.3 is 10.1 Å². The first-order chi connectivity index (χ1) is 13.6. The number of rotatable bonds is 4. The molecule has 0 saturated heterocycles. The Morgan fingerprint density at radius 2 is 1.89 bits per heavy atom. The Bertz CT molecular complexity index is 1160. The Morgan fingerprint density at radius 3 is 2.61 bits per heavy atom. The quantitative estimate of drug-likeness (QED) is 0.553. The summed E-state index contributed by atoms with van der Waals surface area (Å²) in [5, 5.41) is 3.93. The van der Waals surface area contributed by atoms with Crippen LogP contribution >= 0.6 is 0 Å². The summed E-state index contributed by atoms with van der Waals surface area (Å²) >= 11 is 0. The third-order valence-electron chi connectivity index (χ3n) is 4.72. The van der Waals surface area contributed by atoms with E-state index in [-0.39, 0.29) is 5.82 Å². The predicted molar refractivity (Wildman–Crippen MR) is 109 cm³/mol. The van der Waals surface area contributed by atoms with Crippen LogP contribution in [0.4, 0.5) is 10.2 Å². The van der Waals surface area contributed by atoms with Gasteiger partial charge in [-0.1, -0.05) is 12.1 Å². The van der Waals surface area contributed by atoms with Gasteiger partial charge in [0.15, 0.2) is 5.82 Å². The molecule has 0 aliphatic rings. The lowest BCUT2D eigenvalue weighted by molar-refractivity contribution is 0.419. The fourth-order valence-electron chi connectivity index (χ4n) is 3.25. The second-order valence-corrected chi connectivity index (χ2v) is 6.37. The largest absolute Gasteiger partial charge is 0.494 e. The van der Waals surface area contributed by atoms with Gasteiger partial charge in [0.25, 0.3) is 0 Å². The molecule has 2 aromatic carbocycles. The fourth-order valence-corrected chi connectivity index (χ4v) is 3.25. The standard InChI is InChI=1S/C22H19FN4O/c1-13-16(7-4-8-18(13)23)15-10-17-20(19(11-15)28-3)26-21(27-22(17)24-2)14-6-5-9-25-12-14/h4-12H,1-3H3,(H,24,26,27). The molecule has 0 aliphatic heterocycles. The van der Waals surface area contributed by atoms with Crippen molar-refractivity contribution in [3.63, 3.8) is 0 Å². The molecule has 5 nitrogen and oxygen atoms in total. The first-order valence-corrected chi connectivity index (χ1v) is 8.85. The van der Waals surface area contributed by atoms with Gasteiger partial charge in [0.05, 0.1) is 7.11 Å². The average molecular weight is 374 g/mol. The van der Waals surface area contributed by atoms with Crippen LogP contribution in [0.3, 0.4) is 0 Å². The van der Waals surface area contributed by atoms with Crippen LogP contribution in [0.5, 0.6) is 5.75 Å². The Hall–Kier alpha value is -3.54. The topological polar surface area (TPSA) is 59.9 Å². The van der Waals surface area contributed by atoms with Crippen molar-refractivity contribution >= 4 is 16.7 Å². The zero-order valence-electron chi connectivity index (χ0n) is 15.8. The van der Waals surface area contributed by atoms with E-state index in [1.165, 1.54) is 6.07 Å². The number of halogens is 1. The second kappa shape index (κ2) is 7.23. The molecule has 0 bridgehead atoms. The van der Waals surface area contributed by atoms with Gasteiger partial charge in [-0.25, -0.2) is 14.4 Å². The first kappa shape index (κ1) is 17.9.